The molecule has 0 aliphatic carbocycles. The Hall–Kier alpha value is -2.37. The molecule has 0 radical (unpaired) electrons. The molecule has 106 valence electrons. The van der Waals surface area contributed by atoms with Gasteiger partial charge < -0.3 is 10.6 Å². The topological polar surface area (TPSA) is 71.8 Å². The molecule has 0 aliphatic heterocycles. The summed E-state index contributed by atoms with van der Waals surface area (Å²) < 4.78 is 1.84. The molecule has 6 nitrogen and oxygen atoms in total. The number of aromatic nitrogens is 3. The zero-order valence-corrected chi connectivity index (χ0v) is 12.0. The molecule has 0 unspecified atom stereocenters. The van der Waals surface area contributed by atoms with E-state index < -0.39 is 0 Å². The molecule has 6 heteroatoms. The van der Waals surface area contributed by atoms with Crippen molar-refractivity contribution in [3.63, 3.8) is 0 Å². The highest BCUT2D eigenvalue weighted by atomic mass is 16.1. The lowest BCUT2D eigenvalue weighted by Crippen LogP contribution is -2.22. The van der Waals surface area contributed by atoms with Crippen molar-refractivity contribution in [3.05, 3.63) is 41.3 Å². The van der Waals surface area contributed by atoms with Crippen LogP contribution in [-0.4, -0.2) is 27.2 Å². The average Bonchev–Trinajstić information content (AvgIpc) is 2.77. The van der Waals surface area contributed by atoms with Gasteiger partial charge in [-0.25, -0.2) is 4.98 Å². The lowest BCUT2D eigenvalue weighted by atomic mass is 10.2. The van der Waals surface area contributed by atoms with Crippen LogP contribution in [0.1, 0.15) is 28.5 Å². The number of amides is 1. The fourth-order valence-corrected chi connectivity index (χ4v) is 1.80. The molecular weight excluding hydrogens is 254 g/mol. The van der Waals surface area contributed by atoms with Crippen molar-refractivity contribution in [3.8, 4) is 0 Å². The number of pyridine rings is 1. The van der Waals surface area contributed by atoms with E-state index in [1.54, 1.807) is 18.3 Å². The predicted octanol–water partition coefficient (Wildman–Crippen LogP) is 1.49. The first-order chi connectivity index (χ1) is 9.61. The van der Waals surface area contributed by atoms with Crippen LogP contribution in [0.25, 0.3) is 0 Å². The van der Waals surface area contributed by atoms with Crippen molar-refractivity contribution in [1.29, 1.82) is 0 Å². The third kappa shape index (κ3) is 3.14. The number of hydrogen-bond donors (Lipinski definition) is 2. The van der Waals surface area contributed by atoms with Crippen LogP contribution >= 0.6 is 0 Å². The van der Waals surface area contributed by atoms with Gasteiger partial charge in [0, 0.05) is 37.6 Å². The van der Waals surface area contributed by atoms with Gasteiger partial charge in [-0.2, -0.15) is 5.10 Å². The maximum Gasteiger partial charge on any atom is 0.252 e. The number of aryl methyl sites for hydroxylation is 1. The molecule has 2 heterocycles. The first-order valence-corrected chi connectivity index (χ1v) is 6.57. The summed E-state index contributed by atoms with van der Waals surface area (Å²) >= 11 is 0. The number of rotatable bonds is 5. The van der Waals surface area contributed by atoms with E-state index in [0.717, 1.165) is 17.1 Å². The van der Waals surface area contributed by atoms with Crippen LogP contribution in [0.3, 0.4) is 0 Å². The van der Waals surface area contributed by atoms with Crippen molar-refractivity contribution in [1.82, 2.24) is 20.1 Å². The van der Waals surface area contributed by atoms with E-state index in [0.29, 0.717) is 18.7 Å². The van der Waals surface area contributed by atoms with Crippen molar-refractivity contribution in [2.75, 3.05) is 11.9 Å². The smallest absolute Gasteiger partial charge is 0.252 e. The zero-order valence-electron chi connectivity index (χ0n) is 12.0. The average molecular weight is 273 g/mol. The van der Waals surface area contributed by atoms with Crippen LogP contribution in [-0.2, 0) is 13.6 Å². The van der Waals surface area contributed by atoms with Crippen LogP contribution in [0.5, 0.6) is 0 Å². The van der Waals surface area contributed by atoms with E-state index in [1.807, 2.05) is 31.8 Å². The van der Waals surface area contributed by atoms with E-state index in [9.17, 15) is 4.79 Å². The molecule has 0 saturated heterocycles. The van der Waals surface area contributed by atoms with E-state index >= 15 is 0 Å². The zero-order chi connectivity index (χ0) is 14.5. The molecule has 0 spiro atoms. The number of carbonyl (C=O) groups excluding carboxylic acids is 1. The Morgan fingerprint density at radius 3 is 2.70 bits per heavy atom. The maximum absolute atomic E-state index is 11.6. The third-order valence-corrected chi connectivity index (χ3v) is 3.16. The standard InChI is InChI=1S/C14H19N5O/c1-4-15-14(20)11-5-6-13(16-7-11)17-8-12-9-18-19(3)10(12)2/h5-7,9H,4,8H2,1-3H3,(H,15,20)(H,16,17). The minimum absolute atomic E-state index is 0.102. The lowest BCUT2D eigenvalue weighted by molar-refractivity contribution is 0.0955. The Labute approximate surface area is 118 Å². The minimum atomic E-state index is -0.102. The Morgan fingerprint density at radius 1 is 1.35 bits per heavy atom. The summed E-state index contributed by atoms with van der Waals surface area (Å²) in [4.78, 5) is 15.8. The summed E-state index contributed by atoms with van der Waals surface area (Å²) in [7, 11) is 1.91. The van der Waals surface area contributed by atoms with Gasteiger partial charge in [0.2, 0.25) is 0 Å². The minimum Gasteiger partial charge on any atom is -0.366 e. The SMILES string of the molecule is CCNC(=O)c1ccc(NCc2cnn(C)c2C)nc1. The van der Waals surface area contributed by atoms with Gasteiger partial charge in [-0.15, -0.1) is 0 Å². The molecule has 2 aromatic heterocycles. The molecule has 1 amide bonds. The van der Waals surface area contributed by atoms with Gasteiger partial charge in [0.15, 0.2) is 0 Å². The number of hydrogen-bond acceptors (Lipinski definition) is 4. The predicted molar refractivity (Wildman–Crippen MR) is 77.5 cm³/mol. The molecule has 0 bridgehead atoms. The largest absolute Gasteiger partial charge is 0.366 e. The van der Waals surface area contributed by atoms with Gasteiger partial charge in [0.25, 0.3) is 5.91 Å². The number of nitrogens with zero attached hydrogens (tertiary/aromatic N) is 3. The molecular formula is C14H19N5O. The molecule has 20 heavy (non-hydrogen) atoms. The first-order valence-electron chi connectivity index (χ1n) is 6.57. The van der Waals surface area contributed by atoms with Crippen molar-refractivity contribution in [2.45, 2.75) is 20.4 Å². The van der Waals surface area contributed by atoms with Gasteiger partial charge in [-0.1, -0.05) is 0 Å². The Kier molecular flexibility index (Phi) is 4.34. The van der Waals surface area contributed by atoms with E-state index in [4.69, 9.17) is 0 Å². The first kappa shape index (κ1) is 14.0. The maximum atomic E-state index is 11.6. The normalized spacial score (nSPS) is 10.3. The number of carbonyl (C=O) groups is 1. The molecule has 2 rings (SSSR count). The van der Waals surface area contributed by atoms with Gasteiger partial charge in [-0.3, -0.25) is 9.48 Å². The van der Waals surface area contributed by atoms with Crippen LogP contribution < -0.4 is 10.6 Å². The van der Waals surface area contributed by atoms with Crippen molar-refractivity contribution >= 4 is 11.7 Å². The van der Waals surface area contributed by atoms with Crippen molar-refractivity contribution < 1.29 is 4.79 Å². The molecule has 2 N–H and O–H groups in total. The molecule has 0 saturated carbocycles. The molecule has 0 fully saturated rings. The summed E-state index contributed by atoms with van der Waals surface area (Å²) in [6.07, 6.45) is 3.41. The quantitative estimate of drug-likeness (QED) is 0.865. The number of nitrogens with one attached hydrogen (secondary N) is 2. The number of anilines is 1. The van der Waals surface area contributed by atoms with E-state index in [-0.39, 0.29) is 5.91 Å². The Morgan fingerprint density at radius 2 is 2.15 bits per heavy atom. The van der Waals surface area contributed by atoms with Crippen LogP contribution in [0.15, 0.2) is 24.5 Å². The van der Waals surface area contributed by atoms with Crippen LogP contribution in [0.2, 0.25) is 0 Å². The van der Waals surface area contributed by atoms with Gasteiger partial charge in [0.05, 0.1) is 11.8 Å². The summed E-state index contributed by atoms with van der Waals surface area (Å²) in [6.45, 7) is 5.18. The monoisotopic (exact) mass is 273 g/mol. The molecule has 0 atom stereocenters. The van der Waals surface area contributed by atoms with E-state index in [2.05, 4.69) is 20.7 Å². The highest BCUT2D eigenvalue weighted by Crippen LogP contribution is 2.10. The fourth-order valence-electron chi connectivity index (χ4n) is 1.80. The van der Waals surface area contributed by atoms with Gasteiger partial charge >= 0.3 is 0 Å². The molecule has 0 aromatic carbocycles. The van der Waals surface area contributed by atoms with Crippen LogP contribution in [0, 0.1) is 6.92 Å². The second-order valence-corrected chi connectivity index (χ2v) is 4.52. The Balaban J connectivity index is 1.97. The van der Waals surface area contributed by atoms with Crippen LogP contribution in [0.4, 0.5) is 5.82 Å². The summed E-state index contributed by atoms with van der Waals surface area (Å²) in [5.74, 6) is 0.635. The van der Waals surface area contributed by atoms with E-state index in [1.165, 1.54) is 0 Å². The second kappa shape index (κ2) is 6.18. The van der Waals surface area contributed by atoms with Gasteiger partial charge in [0.1, 0.15) is 5.82 Å². The fraction of sp³-hybridized carbons (Fsp3) is 0.357. The highest BCUT2D eigenvalue weighted by molar-refractivity contribution is 5.93. The molecule has 0 aliphatic rings. The summed E-state index contributed by atoms with van der Waals surface area (Å²) in [6, 6.07) is 3.56. The second-order valence-electron chi connectivity index (χ2n) is 4.52. The summed E-state index contributed by atoms with van der Waals surface area (Å²) in [5, 5.41) is 10.1. The summed E-state index contributed by atoms with van der Waals surface area (Å²) in [5.41, 5.74) is 2.81. The highest BCUT2D eigenvalue weighted by Gasteiger charge is 2.06. The van der Waals surface area contributed by atoms with Gasteiger partial charge in [-0.05, 0) is 26.0 Å². The lowest BCUT2D eigenvalue weighted by Gasteiger charge is -2.06. The Bertz CT molecular complexity index is 588. The molecule has 2 aromatic rings. The third-order valence-electron chi connectivity index (χ3n) is 3.16. The van der Waals surface area contributed by atoms with Crippen molar-refractivity contribution in [2.24, 2.45) is 7.05 Å².